The van der Waals surface area contributed by atoms with E-state index in [1.165, 1.54) is 12.1 Å². The first-order valence-electron chi connectivity index (χ1n) is 7.20. The van der Waals surface area contributed by atoms with E-state index in [4.69, 9.17) is 22.1 Å². The fourth-order valence-electron chi connectivity index (χ4n) is 2.24. The second kappa shape index (κ2) is 7.87. The first kappa shape index (κ1) is 17.1. The van der Waals surface area contributed by atoms with Crippen molar-refractivity contribution in [2.45, 2.75) is 30.3 Å². The smallest absolute Gasteiger partial charge is 0.238 e. The average molecular weight is 343 g/mol. The van der Waals surface area contributed by atoms with Gasteiger partial charge in [0.1, 0.15) is 0 Å². The zero-order valence-electron chi connectivity index (χ0n) is 12.2. The molecule has 1 atom stereocenters. The molecule has 0 unspecified atom stereocenters. The van der Waals surface area contributed by atoms with Crippen LogP contribution in [-0.4, -0.2) is 39.3 Å². The maximum Gasteiger partial charge on any atom is 0.238 e. The number of hydrogen-bond acceptors (Lipinski definition) is 4. The van der Waals surface area contributed by atoms with Crippen LogP contribution in [0.4, 0.5) is 0 Å². The summed E-state index contributed by atoms with van der Waals surface area (Å²) in [6.07, 6.45) is 3.19. The van der Waals surface area contributed by atoms with Crippen LogP contribution in [0.2, 0.25) is 0 Å². The van der Waals surface area contributed by atoms with Gasteiger partial charge in [-0.25, -0.2) is 13.6 Å². The standard InChI is InChI=1S/C14H21N3O3S2/c15-22(18,19)13-5-3-11(4-6-13)7-8-16-14(21)17-10-12-2-1-9-20-12/h3-6,12H,1-2,7-10H2,(H2,15,18,19)(H2,16,17,21)/t12-/m0/s1. The van der Waals surface area contributed by atoms with Gasteiger partial charge in [-0.15, -0.1) is 0 Å². The molecule has 6 nitrogen and oxygen atoms in total. The van der Waals surface area contributed by atoms with Gasteiger partial charge in [0.2, 0.25) is 10.0 Å². The Hall–Kier alpha value is -1.22. The molecule has 8 heteroatoms. The molecule has 22 heavy (non-hydrogen) atoms. The van der Waals surface area contributed by atoms with Crippen LogP contribution in [0, 0.1) is 0 Å². The average Bonchev–Trinajstić information content (AvgIpc) is 2.98. The Morgan fingerprint density at radius 1 is 1.32 bits per heavy atom. The lowest BCUT2D eigenvalue weighted by Gasteiger charge is -2.14. The third-order valence-corrected chi connectivity index (χ3v) is 4.68. The third-order valence-electron chi connectivity index (χ3n) is 3.47. The summed E-state index contributed by atoms with van der Waals surface area (Å²) in [4.78, 5) is 0.123. The van der Waals surface area contributed by atoms with Gasteiger partial charge in [-0.3, -0.25) is 0 Å². The van der Waals surface area contributed by atoms with Gasteiger partial charge in [-0.2, -0.15) is 0 Å². The minimum Gasteiger partial charge on any atom is -0.376 e. The molecule has 0 saturated carbocycles. The van der Waals surface area contributed by atoms with E-state index in [1.54, 1.807) is 12.1 Å². The monoisotopic (exact) mass is 343 g/mol. The van der Waals surface area contributed by atoms with Crippen molar-refractivity contribution in [3.05, 3.63) is 29.8 Å². The molecule has 2 rings (SSSR count). The molecule has 0 amide bonds. The lowest BCUT2D eigenvalue weighted by atomic mass is 10.1. The number of primary sulfonamides is 1. The molecule has 1 aromatic carbocycles. The zero-order valence-corrected chi connectivity index (χ0v) is 13.9. The maximum absolute atomic E-state index is 11.2. The molecule has 1 aliphatic rings. The Morgan fingerprint density at radius 2 is 2.05 bits per heavy atom. The Balaban J connectivity index is 1.68. The molecular weight excluding hydrogens is 322 g/mol. The topological polar surface area (TPSA) is 93.5 Å². The molecule has 0 aliphatic carbocycles. The normalized spacial score (nSPS) is 18.1. The van der Waals surface area contributed by atoms with Gasteiger partial charge in [0.25, 0.3) is 0 Å². The van der Waals surface area contributed by atoms with Crippen molar-refractivity contribution in [1.29, 1.82) is 0 Å². The molecule has 1 saturated heterocycles. The largest absolute Gasteiger partial charge is 0.376 e. The van der Waals surface area contributed by atoms with E-state index in [2.05, 4.69) is 10.6 Å². The van der Waals surface area contributed by atoms with E-state index < -0.39 is 10.0 Å². The predicted molar refractivity (Wildman–Crippen MR) is 89.1 cm³/mol. The van der Waals surface area contributed by atoms with E-state index in [1.807, 2.05) is 0 Å². The highest BCUT2D eigenvalue weighted by atomic mass is 32.2. The van der Waals surface area contributed by atoms with Crippen molar-refractivity contribution in [2.24, 2.45) is 5.14 Å². The van der Waals surface area contributed by atoms with Gasteiger partial charge < -0.3 is 15.4 Å². The van der Waals surface area contributed by atoms with Crippen LogP contribution in [-0.2, 0) is 21.2 Å². The van der Waals surface area contributed by atoms with Crippen LogP contribution in [0.1, 0.15) is 18.4 Å². The third kappa shape index (κ3) is 5.53. The van der Waals surface area contributed by atoms with Crippen molar-refractivity contribution >= 4 is 27.4 Å². The van der Waals surface area contributed by atoms with Crippen LogP contribution < -0.4 is 15.8 Å². The highest BCUT2D eigenvalue weighted by Gasteiger charge is 2.15. The van der Waals surface area contributed by atoms with Crippen molar-refractivity contribution < 1.29 is 13.2 Å². The summed E-state index contributed by atoms with van der Waals surface area (Å²) in [5.41, 5.74) is 1.02. The molecule has 4 N–H and O–H groups in total. The first-order valence-corrected chi connectivity index (χ1v) is 9.15. The van der Waals surface area contributed by atoms with E-state index >= 15 is 0 Å². The number of rotatable bonds is 6. The Kier molecular flexibility index (Phi) is 6.13. The van der Waals surface area contributed by atoms with E-state index in [-0.39, 0.29) is 11.0 Å². The summed E-state index contributed by atoms with van der Waals surface area (Å²) < 4.78 is 27.8. The number of sulfonamides is 1. The Labute approximate surface area is 136 Å². The van der Waals surface area contributed by atoms with Gasteiger partial charge >= 0.3 is 0 Å². The SMILES string of the molecule is NS(=O)(=O)c1ccc(CCNC(=S)NC[C@@H]2CCCO2)cc1. The molecule has 122 valence electrons. The molecule has 0 aromatic heterocycles. The number of hydrogen-bond donors (Lipinski definition) is 3. The quantitative estimate of drug-likeness (QED) is 0.652. The van der Waals surface area contributed by atoms with Crippen LogP contribution in [0.15, 0.2) is 29.2 Å². The fraction of sp³-hybridized carbons (Fsp3) is 0.500. The van der Waals surface area contributed by atoms with Crippen molar-refractivity contribution in [3.8, 4) is 0 Å². The van der Waals surface area contributed by atoms with E-state index in [9.17, 15) is 8.42 Å². The molecule has 1 heterocycles. The van der Waals surface area contributed by atoms with Crippen molar-refractivity contribution in [3.63, 3.8) is 0 Å². The summed E-state index contributed by atoms with van der Waals surface area (Å²) in [5.74, 6) is 0. The van der Waals surface area contributed by atoms with Crippen molar-refractivity contribution in [1.82, 2.24) is 10.6 Å². The lowest BCUT2D eigenvalue weighted by Crippen LogP contribution is -2.40. The van der Waals surface area contributed by atoms with Gasteiger partial charge in [0.15, 0.2) is 5.11 Å². The minimum absolute atomic E-state index is 0.123. The van der Waals surface area contributed by atoms with Gasteiger partial charge in [-0.1, -0.05) is 12.1 Å². The predicted octanol–water partition coefficient (Wildman–Crippen LogP) is 0.520. The fourth-order valence-corrected chi connectivity index (χ4v) is 2.94. The van der Waals surface area contributed by atoms with Gasteiger partial charge in [0, 0.05) is 19.7 Å². The molecule has 0 bridgehead atoms. The number of nitrogens with two attached hydrogens (primary N) is 1. The summed E-state index contributed by atoms with van der Waals surface area (Å²) >= 11 is 5.20. The number of thiocarbonyl (C=S) groups is 1. The Bertz CT molecular complexity index is 596. The number of ether oxygens (including phenoxy) is 1. The summed E-state index contributed by atoms with van der Waals surface area (Å²) in [6, 6.07) is 6.53. The van der Waals surface area contributed by atoms with E-state index in [0.717, 1.165) is 38.0 Å². The summed E-state index contributed by atoms with van der Waals surface area (Å²) in [6.45, 7) is 2.24. The Morgan fingerprint density at radius 3 is 2.64 bits per heavy atom. The highest BCUT2D eigenvalue weighted by Crippen LogP contribution is 2.10. The molecule has 1 fully saturated rings. The van der Waals surface area contributed by atoms with Crippen molar-refractivity contribution in [2.75, 3.05) is 19.7 Å². The van der Waals surface area contributed by atoms with Crippen LogP contribution in [0.25, 0.3) is 0 Å². The van der Waals surface area contributed by atoms with Gasteiger partial charge in [0.05, 0.1) is 11.0 Å². The summed E-state index contributed by atoms with van der Waals surface area (Å²) in [5, 5.41) is 11.9. The molecule has 1 aromatic rings. The van der Waals surface area contributed by atoms with Crippen LogP contribution >= 0.6 is 12.2 Å². The second-order valence-corrected chi connectivity index (χ2v) is 7.18. The maximum atomic E-state index is 11.2. The van der Waals surface area contributed by atoms with E-state index in [0.29, 0.717) is 11.7 Å². The van der Waals surface area contributed by atoms with Crippen LogP contribution in [0.3, 0.4) is 0 Å². The molecule has 1 aliphatic heterocycles. The first-order chi connectivity index (χ1) is 10.4. The highest BCUT2D eigenvalue weighted by molar-refractivity contribution is 7.89. The zero-order chi connectivity index (χ0) is 16.0. The van der Waals surface area contributed by atoms with Crippen LogP contribution in [0.5, 0.6) is 0 Å². The molecular formula is C14H21N3O3S2. The number of benzene rings is 1. The summed E-state index contributed by atoms with van der Waals surface area (Å²) in [7, 11) is -3.63. The lowest BCUT2D eigenvalue weighted by molar-refractivity contribution is 0.114. The number of nitrogens with one attached hydrogen (secondary N) is 2. The second-order valence-electron chi connectivity index (χ2n) is 5.21. The minimum atomic E-state index is -3.63. The molecule has 0 spiro atoms. The molecule has 0 radical (unpaired) electrons. The van der Waals surface area contributed by atoms with Gasteiger partial charge in [-0.05, 0) is 49.2 Å².